The Morgan fingerprint density at radius 2 is 1.93 bits per heavy atom. The monoisotopic (exact) mass is 401 g/mol. The minimum Gasteiger partial charge on any atom is -0.478 e. The van der Waals surface area contributed by atoms with E-state index < -0.39 is 5.97 Å². The van der Waals surface area contributed by atoms with Gasteiger partial charge in [-0.2, -0.15) is 0 Å². The molecule has 0 radical (unpaired) electrons. The largest absolute Gasteiger partial charge is 0.478 e. The Morgan fingerprint density at radius 3 is 2.60 bits per heavy atom. The number of nitrogens with one attached hydrogen (secondary N) is 1. The zero-order chi connectivity index (χ0) is 20.7. The van der Waals surface area contributed by atoms with E-state index in [1.165, 1.54) is 0 Å². The first-order chi connectivity index (χ1) is 14.6. The van der Waals surface area contributed by atoms with Crippen LogP contribution in [0.25, 0.3) is 28.1 Å². The van der Waals surface area contributed by atoms with Gasteiger partial charge in [0.05, 0.1) is 34.7 Å². The molecule has 1 aliphatic rings. The summed E-state index contributed by atoms with van der Waals surface area (Å²) in [4.78, 5) is 33.3. The van der Waals surface area contributed by atoms with Crippen molar-refractivity contribution in [2.24, 2.45) is 0 Å². The van der Waals surface area contributed by atoms with E-state index in [0.717, 1.165) is 30.6 Å². The van der Waals surface area contributed by atoms with Crippen LogP contribution in [0.1, 0.15) is 22.8 Å². The average molecular weight is 401 g/mol. The molecule has 8 heteroatoms. The molecule has 30 heavy (non-hydrogen) atoms. The third-order valence-corrected chi connectivity index (χ3v) is 5.47. The van der Waals surface area contributed by atoms with Gasteiger partial charge in [-0.05, 0) is 49.4 Å². The number of hydrogen-bond acceptors (Lipinski definition) is 5. The molecular formula is C22H19N5O3. The Kier molecular flexibility index (Phi) is 4.40. The van der Waals surface area contributed by atoms with Gasteiger partial charge < -0.3 is 10.4 Å². The number of aromatic nitrogens is 4. The number of rotatable bonds is 4. The van der Waals surface area contributed by atoms with Crippen LogP contribution in [0.3, 0.4) is 0 Å². The quantitative estimate of drug-likeness (QED) is 0.545. The van der Waals surface area contributed by atoms with E-state index in [2.05, 4.69) is 15.3 Å². The van der Waals surface area contributed by atoms with E-state index in [1.807, 2.05) is 24.3 Å². The molecule has 5 rings (SSSR count). The average Bonchev–Trinajstić information content (AvgIpc) is 3.39. The molecule has 0 aliphatic carbocycles. The van der Waals surface area contributed by atoms with Crippen LogP contribution in [-0.2, 0) is 0 Å². The molecule has 1 aliphatic heterocycles. The summed E-state index contributed by atoms with van der Waals surface area (Å²) >= 11 is 0. The summed E-state index contributed by atoms with van der Waals surface area (Å²) in [7, 11) is 0. The highest BCUT2D eigenvalue weighted by atomic mass is 16.4. The molecule has 8 nitrogen and oxygen atoms in total. The molecule has 3 aromatic heterocycles. The lowest BCUT2D eigenvalue weighted by atomic mass is 10.1. The fraction of sp³-hybridized carbons (Fsp3) is 0.182. The van der Waals surface area contributed by atoms with Crippen molar-refractivity contribution in [2.75, 3.05) is 13.1 Å². The molecule has 0 unspecified atom stereocenters. The second-order valence-electron chi connectivity index (χ2n) is 7.26. The van der Waals surface area contributed by atoms with Crippen LogP contribution in [-0.4, -0.2) is 43.3 Å². The highest BCUT2D eigenvalue weighted by Crippen LogP contribution is 2.23. The second-order valence-corrected chi connectivity index (χ2v) is 7.26. The van der Waals surface area contributed by atoms with Crippen molar-refractivity contribution in [2.45, 2.75) is 12.5 Å². The summed E-state index contributed by atoms with van der Waals surface area (Å²) in [5.74, 6) is -0.966. The summed E-state index contributed by atoms with van der Waals surface area (Å²) in [6, 6.07) is 14.0. The first-order valence-electron chi connectivity index (χ1n) is 9.72. The van der Waals surface area contributed by atoms with Gasteiger partial charge in [-0.1, -0.05) is 12.1 Å². The van der Waals surface area contributed by atoms with Gasteiger partial charge in [0.25, 0.3) is 0 Å². The van der Waals surface area contributed by atoms with Gasteiger partial charge in [0, 0.05) is 18.3 Å². The van der Waals surface area contributed by atoms with Gasteiger partial charge in [0.15, 0.2) is 5.65 Å². The Balaban J connectivity index is 1.57. The maximum atomic E-state index is 13.3. The Hall–Kier alpha value is -3.78. The third kappa shape index (κ3) is 2.98. The molecule has 4 heterocycles. The number of carboxylic acids is 1. The number of benzene rings is 1. The maximum absolute atomic E-state index is 13.3. The van der Waals surface area contributed by atoms with Crippen molar-refractivity contribution in [1.29, 1.82) is 0 Å². The van der Waals surface area contributed by atoms with E-state index in [4.69, 9.17) is 5.11 Å². The molecule has 0 amide bonds. The highest BCUT2D eigenvalue weighted by Gasteiger charge is 2.24. The normalized spacial score (nSPS) is 16.2. The number of fused-ring (bicyclic) bond motifs is 1. The molecular weight excluding hydrogens is 382 g/mol. The fourth-order valence-corrected chi connectivity index (χ4v) is 3.96. The molecule has 1 aromatic carbocycles. The zero-order valence-corrected chi connectivity index (χ0v) is 16.0. The summed E-state index contributed by atoms with van der Waals surface area (Å²) in [6.07, 6.45) is 4.25. The zero-order valence-electron chi connectivity index (χ0n) is 16.0. The van der Waals surface area contributed by atoms with Crippen molar-refractivity contribution in [3.63, 3.8) is 0 Å². The van der Waals surface area contributed by atoms with Gasteiger partial charge >= 0.3 is 11.7 Å². The van der Waals surface area contributed by atoms with Crippen molar-refractivity contribution in [3.05, 3.63) is 77.0 Å². The maximum Gasteiger partial charge on any atom is 0.335 e. The van der Waals surface area contributed by atoms with Crippen molar-refractivity contribution in [1.82, 2.24) is 24.4 Å². The van der Waals surface area contributed by atoms with E-state index in [1.54, 1.807) is 45.8 Å². The van der Waals surface area contributed by atoms with E-state index >= 15 is 0 Å². The Bertz CT molecular complexity index is 1280. The predicted molar refractivity (Wildman–Crippen MR) is 112 cm³/mol. The predicted octanol–water partition coefficient (Wildman–Crippen LogP) is 2.48. The SMILES string of the molecule is O=C(O)c1ccc(-c2ccc(-n3c(=O)n([C@H]4CCNC4)c4ncccc43)cn2)cc1. The third-order valence-electron chi connectivity index (χ3n) is 5.47. The number of hydrogen-bond donors (Lipinski definition) is 2. The van der Waals surface area contributed by atoms with Crippen LogP contribution in [0.15, 0.2) is 65.7 Å². The van der Waals surface area contributed by atoms with Gasteiger partial charge in [0.1, 0.15) is 0 Å². The molecule has 1 fully saturated rings. The number of carboxylic acid groups (broad SMARTS) is 1. The summed E-state index contributed by atoms with van der Waals surface area (Å²) in [5, 5.41) is 12.3. The highest BCUT2D eigenvalue weighted by molar-refractivity contribution is 5.88. The van der Waals surface area contributed by atoms with E-state index in [0.29, 0.717) is 17.0 Å². The molecule has 2 N–H and O–H groups in total. The number of aromatic carboxylic acids is 1. The molecule has 150 valence electrons. The van der Waals surface area contributed by atoms with Gasteiger partial charge in [0.2, 0.25) is 0 Å². The summed E-state index contributed by atoms with van der Waals surface area (Å²) in [5.41, 5.74) is 3.68. The first-order valence-corrected chi connectivity index (χ1v) is 9.72. The smallest absolute Gasteiger partial charge is 0.335 e. The number of nitrogens with zero attached hydrogens (tertiary/aromatic N) is 4. The van der Waals surface area contributed by atoms with Crippen LogP contribution < -0.4 is 11.0 Å². The number of pyridine rings is 2. The summed E-state index contributed by atoms with van der Waals surface area (Å²) in [6.45, 7) is 1.63. The Labute approximate surface area is 171 Å². The van der Waals surface area contributed by atoms with E-state index in [9.17, 15) is 9.59 Å². The standard InChI is InChI=1S/C22H19N5O3/c28-21(29)15-5-3-14(4-6-15)18-8-7-16(13-25-18)26-19-2-1-10-24-20(19)27(22(26)30)17-9-11-23-12-17/h1-8,10,13,17,23H,9,11-12H2,(H,28,29)/t17-/m0/s1. The number of carbonyl (C=O) groups is 1. The van der Waals surface area contributed by atoms with Crippen LogP contribution >= 0.6 is 0 Å². The molecule has 1 saturated heterocycles. The van der Waals surface area contributed by atoms with Gasteiger partial charge in [-0.25, -0.2) is 14.6 Å². The minimum atomic E-state index is -0.966. The van der Waals surface area contributed by atoms with Crippen molar-refractivity contribution < 1.29 is 9.90 Å². The topological polar surface area (TPSA) is 102 Å². The van der Waals surface area contributed by atoms with Crippen LogP contribution in [0, 0.1) is 0 Å². The van der Waals surface area contributed by atoms with E-state index in [-0.39, 0.29) is 17.3 Å². The minimum absolute atomic E-state index is 0.0798. The first kappa shape index (κ1) is 18.3. The van der Waals surface area contributed by atoms with Crippen molar-refractivity contribution >= 4 is 17.1 Å². The van der Waals surface area contributed by atoms with Gasteiger partial charge in [-0.3, -0.25) is 14.1 Å². The Morgan fingerprint density at radius 1 is 1.10 bits per heavy atom. The second kappa shape index (κ2) is 7.23. The fourth-order valence-electron chi connectivity index (χ4n) is 3.96. The van der Waals surface area contributed by atoms with Crippen LogP contribution in [0.4, 0.5) is 0 Å². The molecule has 0 spiro atoms. The molecule has 0 saturated carbocycles. The summed E-state index contributed by atoms with van der Waals surface area (Å²) < 4.78 is 3.42. The van der Waals surface area contributed by atoms with Crippen LogP contribution in [0.5, 0.6) is 0 Å². The van der Waals surface area contributed by atoms with Gasteiger partial charge in [-0.15, -0.1) is 0 Å². The lowest BCUT2D eigenvalue weighted by molar-refractivity contribution is 0.0697. The van der Waals surface area contributed by atoms with Crippen molar-refractivity contribution in [3.8, 4) is 16.9 Å². The lowest BCUT2D eigenvalue weighted by Crippen LogP contribution is -2.28. The lowest BCUT2D eigenvalue weighted by Gasteiger charge is -2.09. The van der Waals surface area contributed by atoms with Crippen LogP contribution in [0.2, 0.25) is 0 Å². The number of imidazole rings is 1. The molecule has 0 bridgehead atoms. The molecule has 4 aromatic rings. The molecule has 1 atom stereocenters.